The van der Waals surface area contributed by atoms with E-state index in [4.69, 9.17) is 11.6 Å². The van der Waals surface area contributed by atoms with E-state index < -0.39 is 10.0 Å². The number of alkyl halides is 1. The van der Waals surface area contributed by atoms with Crippen LogP contribution in [0.25, 0.3) is 5.82 Å². The number of aryl methyl sites for hydroxylation is 1. The molecule has 1 N–H and O–H groups in total. The van der Waals surface area contributed by atoms with Crippen LogP contribution in [0, 0.1) is 6.92 Å². The van der Waals surface area contributed by atoms with Crippen molar-refractivity contribution in [2.45, 2.75) is 13.3 Å². The normalized spacial score (nSPS) is 11.5. The summed E-state index contributed by atoms with van der Waals surface area (Å²) < 4.78 is 27.7. The number of hydrogen-bond donors (Lipinski definition) is 1. The Morgan fingerprint density at radius 1 is 1.35 bits per heavy atom. The molecule has 0 saturated carbocycles. The predicted molar refractivity (Wildman–Crippen MR) is 78.8 cm³/mol. The van der Waals surface area contributed by atoms with Gasteiger partial charge in [0.2, 0.25) is 10.0 Å². The summed E-state index contributed by atoms with van der Waals surface area (Å²) in [5.41, 5.74) is 0.432. The van der Waals surface area contributed by atoms with Gasteiger partial charge >= 0.3 is 0 Å². The monoisotopic (exact) mass is 314 g/mol. The Morgan fingerprint density at radius 2 is 2.15 bits per heavy atom. The third-order valence-electron chi connectivity index (χ3n) is 2.64. The minimum Gasteiger partial charge on any atom is -0.288 e. The third kappa shape index (κ3) is 3.71. The first kappa shape index (κ1) is 14.8. The fourth-order valence-corrected chi connectivity index (χ4v) is 3.08. The summed E-state index contributed by atoms with van der Waals surface area (Å²) in [5.74, 6) is 1.81. The lowest BCUT2D eigenvalue weighted by Gasteiger charge is -2.08. The maximum atomic E-state index is 11.7. The minimum atomic E-state index is -3.37. The molecule has 2 heterocycles. The smallest absolute Gasteiger partial charge is 0.232 e. The van der Waals surface area contributed by atoms with Gasteiger partial charge in [0, 0.05) is 18.3 Å². The number of pyridine rings is 1. The molecule has 0 unspecified atom stereocenters. The Morgan fingerprint density at radius 3 is 2.70 bits per heavy atom. The zero-order valence-corrected chi connectivity index (χ0v) is 12.5. The van der Waals surface area contributed by atoms with Crippen molar-refractivity contribution in [2.75, 3.05) is 16.4 Å². The Balaban J connectivity index is 2.11. The van der Waals surface area contributed by atoms with Gasteiger partial charge in [-0.1, -0.05) is 0 Å². The van der Waals surface area contributed by atoms with Gasteiger partial charge < -0.3 is 0 Å². The maximum absolute atomic E-state index is 11.7. The lowest BCUT2D eigenvalue weighted by atomic mass is 10.4. The Labute approximate surface area is 122 Å². The first-order chi connectivity index (χ1) is 9.52. The zero-order chi connectivity index (χ0) is 14.6. The number of nitrogens with one attached hydrogen (secondary N) is 1. The Bertz CT molecular complexity index is 667. The molecule has 20 heavy (non-hydrogen) atoms. The van der Waals surface area contributed by atoms with Crippen molar-refractivity contribution in [2.24, 2.45) is 0 Å². The van der Waals surface area contributed by atoms with E-state index in [-0.39, 0.29) is 5.75 Å². The summed E-state index contributed by atoms with van der Waals surface area (Å²) in [4.78, 5) is 8.32. The number of sulfonamides is 1. The predicted octanol–water partition coefficient (Wildman–Crippen LogP) is 1.95. The van der Waals surface area contributed by atoms with Crippen molar-refractivity contribution in [3.8, 4) is 5.82 Å². The highest BCUT2D eigenvalue weighted by molar-refractivity contribution is 7.92. The number of imidazole rings is 1. The van der Waals surface area contributed by atoms with Crippen LogP contribution in [0.15, 0.2) is 30.7 Å². The van der Waals surface area contributed by atoms with Crippen LogP contribution in [-0.4, -0.2) is 34.6 Å². The second-order valence-electron chi connectivity index (χ2n) is 4.21. The molecule has 0 spiro atoms. The number of aromatic nitrogens is 3. The summed E-state index contributed by atoms with van der Waals surface area (Å²) in [6, 6.07) is 3.40. The molecule has 0 bridgehead atoms. The molecule has 0 fully saturated rings. The zero-order valence-electron chi connectivity index (χ0n) is 11.0. The van der Waals surface area contributed by atoms with Crippen molar-refractivity contribution in [3.05, 3.63) is 36.5 Å². The van der Waals surface area contributed by atoms with Crippen LogP contribution < -0.4 is 4.72 Å². The highest BCUT2D eigenvalue weighted by Gasteiger charge is 2.10. The Hall–Kier alpha value is -1.60. The topological polar surface area (TPSA) is 76.9 Å². The molecule has 8 heteroatoms. The van der Waals surface area contributed by atoms with Crippen LogP contribution in [0.2, 0.25) is 0 Å². The van der Waals surface area contributed by atoms with Gasteiger partial charge in [0.25, 0.3) is 0 Å². The summed E-state index contributed by atoms with van der Waals surface area (Å²) in [6.07, 6.45) is 5.37. The summed E-state index contributed by atoms with van der Waals surface area (Å²) in [5, 5.41) is 0. The summed E-state index contributed by atoms with van der Waals surface area (Å²) >= 11 is 5.49. The molecular formula is C12H15ClN4O2S. The molecule has 0 aliphatic heterocycles. The van der Waals surface area contributed by atoms with Crippen molar-refractivity contribution >= 4 is 27.3 Å². The van der Waals surface area contributed by atoms with Crippen LogP contribution in [0.1, 0.15) is 12.2 Å². The third-order valence-corrected chi connectivity index (χ3v) is 4.28. The van der Waals surface area contributed by atoms with Gasteiger partial charge in [-0.25, -0.2) is 18.4 Å². The minimum absolute atomic E-state index is 0.00111. The standard InChI is InChI=1S/C12H15ClN4O2S/c1-10-14-6-7-17(10)12-4-3-11(9-15-12)16-20(18,19)8-2-5-13/h3-4,6-7,9,16H,2,5,8H2,1H3. The summed E-state index contributed by atoms with van der Waals surface area (Å²) in [6.45, 7) is 1.87. The second kappa shape index (κ2) is 6.23. The molecule has 0 saturated heterocycles. The second-order valence-corrected chi connectivity index (χ2v) is 6.43. The molecule has 0 aliphatic rings. The molecule has 6 nitrogen and oxygen atoms in total. The average molecular weight is 315 g/mol. The van der Waals surface area contributed by atoms with E-state index in [0.717, 1.165) is 5.82 Å². The van der Waals surface area contributed by atoms with Crippen molar-refractivity contribution in [1.29, 1.82) is 0 Å². The van der Waals surface area contributed by atoms with E-state index >= 15 is 0 Å². The fraction of sp³-hybridized carbons (Fsp3) is 0.333. The molecular weight excluding hydrogens is 300 g/mol. The van der Waals surface area contributed by atoms with E-state index in [1.54, 1.807) is 24.5 Å². The van der Waals surface area contributed by atoms with E-state index in [1.807, 2.05) is 11.5 Å². The van der Waals surface area contributed by atoms with Gasteiger partial charge in [0.15, 0.2) is 0 Å². The lowest BCUT2D eigenvalue weighted by molar-refractivity contribution is 0.600. The molecule has 0 atom stereocenters. The van der Waals surface area contributed by atoms with Crippen LogP contribution in [0.5, 0.6) is 0 Å². The maximum Gasteiger partial charge on any atom is 0.232 e. The van der Waals surface area contributed by atoms with Gasteiger partial charge in [-0.05, 0) is 25.5 Å². The van der Waals surface area contributed by atoms with Crippen LogP contribution in [-0.2, 0) is 10.0 Å². The SMILES string of the molecule is Cc1nccn1-c1ccc(NS(=O)(=O)CCCCl)cn1. The molecule has 2 aromatic heterocycles. The summed E-state index contributed by atoms with van der Waals surface area (Å²) in [7, 11) is -3.37. The lowest BCUT2D eigenvalue weighted by Crippen LogP contribution is -2.17. The number of nitrogens with zero attached hydrogens (tertiary/aromatic N) is 3. The average Bonchev–Trinajstić information content (AvgIpc) is 2.83. The molecule has 0 aliphatic carbocycles. The van der Waals surface area contributed by atoms with Crippen LogP contribution in [0.4, 0.5) is 5.69 Å². The first-order valence-electron chi connectivity index (χ1n) is 6.05. The molecule has 2 aromatic rings. The van der Waals surface area contributed by atoms with Gasteiger partial charge in [-0.3, -0.25) is 9.29 Å². The van der Waals surface area contributed by atoms with Gasteiger partial charge in [0.05, 0.1) is 17.6 Å². The number of anilines is 1. The molecule has 108 valence electrons. The number of rotatable bonds is 6. The van der Waals surface area contributed by atoms with Gasteiger partial charge in [-0.15, -0.1) is 11.6 Å². The first-order valence-corrected chi connectivity index (χ1v) is 8.23. The van der Waals surface area contributed by atoms with E-state index in [0.29, 0.717) is 23.8 Å². The van der Waals surface area contributed by atoms with Crippen LogP contribution >= 0.6 is 11.6 Å². The van der Waals surface area contributed by atoms with Gasteiger partial charge in [0.1, 0.15) is 11.6 Å². The number of halogens is 1. The van der Waals surface area contributed by atoms with E-state index in [2.05, 4.69) is 14.7 Å². The van der Waals surface area contributed by atoms with Crippen molar-refractivity contribution in [3.63, 3.8) is 0 Å². The molecule has 0 aromatic carbocycles. The highest BCUT2D eigenvalue weighted by atomic mass is 35.5. The van der Waals surface area contributed by atoms with E-state index in [9.17, 15) is 8.42 Å². The largest absolute Gasteiger partial charge is 0.288 e. The number of hydrogen-bond acceptors (Lipinski definition) is 4. The Kier molecular flexibility index (Phi) is 4.61. The van der Waals surface area contributed by atoms with Crippen LogP contribution in [0.3, 0.4) is 0 Å². The molecule has 0 amide bonds. The highest BCUT2D eigenvalue weighted by Crippen LogP contribution is 2.13. The molecule has 0 radical (unpaired) electrons. The quantitative estimate of drug-likeness (QED) is 0.827. The fourth-order valence-electron chi connectivity index (χ4n) is 1.68. The van der Waals surface area contributed by atoms with Crippen molar-refractivity contribution in [1.82, 2.24) is 14.5 Å². The van der Waals surface area contributed by atoms with E-state index in [1.165, 1.54) is 6.20 Å². The van der Waals surface area contributed by atoms with Crippen molar-refractivity contribution < 1.29 is 8.42 Å². The van der Waals surface area contributed by atoms with Gasteiger partial charge in [-0.2, -0.15) is 0 Å². The molecule has 2 rings (SSSR count).